The molecule has 0 bridgehead atoms. The summed E-state index contributed by atoms with van der Waals surface area (Å²) in [6.45, 7) is 5.81. The molecule has 8 nitrogen and oxygen atoms in total. The zero-order chi connectivity index (χ0) is 15.2. The SMILES string of the molecule is CC(C)Oc1nc(N)nc(N2CCC(OCCO)CC2)n1. The fourth-order valence-electron chi connectivity index (χ4n) is 2.21. The predicted octanol–water partition coefficient (Wildman–Crippen LogP) is 0.219. The van der Waals surface area contributed by atoms with Crippen molar-refractivity contribution in [2.75, 3.05) is 36.9 Å². The molecule has 1 aromatic heterocycles. The van der Waals surface area contributed by atoms with Crippen LogP contribution in [0.3, 0.4) is 0 Å². The van der Waals surface area contributed by atoms with Gasteiger partial charge in [0, 0.05) is 13.1 Å². The van der Waals surface area contributed by atoms with Crippen molar-refractivity contribution in [2.24, 2.45) is 0 Å². The van der Waals surface area contributed by atoms with Crippen molar-refractivity contribution >= 4 is 11.9 Å². The maximum atomic E-state index is 8.77. The smallest absolute Gasteiger partial charge is 0.323 e. The van der Waals surface area contributed by atoms with Crippen molar-refractivity contribution in [2.45, 2.75) is 38.9 Å². The molecule has 0 spiro atoms. The summed E-state index contributed by atoms with van der Waals surface area (Å²) in [7, 11) is 0. The monoisotopic (exact) mass is 297 g/mol. The zero-order valence-electron chi connectivity index (χ0n) is 12.5. The average Bonchev–Trinajstić information content (AvgIpc) is 2.44. The first-order chi connectivity index (χ1) is 10.1. The molecule has 0 aliphatic carbocycles. The maximum Gasteiger partial charge on any atom is 0.323 e. The lowest BCUT2D eigenvalue weighted by molar-refractivity contribution is 0.0157. The number of piperidine rings is 1. The summed E-state index contributed by atoms with van der Waals surface area (Å²) in [6, 6.07) is 0.256. The third kappa shape index (κ3) is 4.68. The van der Waals surface area contributed by atoms with Gasteiger partial charge in [0.25, 0.3) is 0 Å². The number of hydrogen-bond donors (Lipinski definition) is 2. The van der Waals surface area contributed by atoms with Crippen molar-refractivity contribution in [3.63, 3.8) is 0 Å². The number of hydrogen-bond acceptors (Lipinski definition) is 8. The van der Waals surface area contributed by atoms with Crippen LogP contribution < -0.4 is 15.4 Å². The number of aromatic nitrogens is 3. The van der Waals surface area contributed by atoms with Crippen LogP contribution in [0.15, 0.2) is 0 Å². The molecule has 1 aromatic rings. The molecule has 0 radical (unpaired) electrons. The van der Waals surface area contributed by atoms with Gasteiger partial charge in [0.1, 0.15) is 0 Å². The van der Waals surface area contributed by atoms with Gasteiger partial charge in [0.15, 0.2) is 0 Å². The maximum absolute atomic E-state index is 8.77. The van der Waals surface area contributed by atoms with Gasteiger partial charge in [0.2, 0.25) is 11.9 Å². The Labute approximate surface area is 124 Å². The van der Waals surface area contributed by atoms with E-state index in [0.717, 1.165) is 25.9 Å². The van der Waals surface area contributed by atoms with Gasteiger partial charge in [0.05, 0.1) is 25.4 Å². The van der Waals surface area contributed by atoms with E-state index in [4.69, 9.17) is 20.3 Å². The molecule has 0 saturated carbocycles. The Bertz CT molecular complexity index is 449. The Balaban J connectivity index is 1.97. The summed E-state index contributed by atoms with van der Waals surface area (Å²) in [6.07, 6.45) is 1.90. The van der Waals surface area contributed by atoms with Gasteiger partial charge in [-0.1, -0.05) is 0 Å². The van der Waals surface area contributed by atoms with Crippen molar-refractivity contribution in [3.8, 4) is 6.01 Å². The minimum absolute atomic E-state index is 0.0164. The van der Waals surface area contributed by atoms with Crippen LogP contribution in [0.2, 0.25) is 0 Å². The van der Waals surface area contributed by atoms with Crippen LogP contribution in [0, 0.1) is 0 Å². The van der Waals surface area contributed by atoms with Crippen LogP contribution in [0.5, 0.6) is 6.01 Å². The minimum atomic E-state index is -0.0164. The van der Waals surface area contributed by atoms with Gasteiger partial charge in [-0.3, -0.25) is 0 Å². The summed E-state index contributed by atoms with van der Waals surface area (Å²) in [5, 5.41) is 8.77. The number of aliphatic hydroxyl groups excluding tert-OH is 1. The number of aliphatic hydroxyl groups is 1. The Morgan fingerprint density at radius 2 is 2.00 bits per heavy atom. The number of nitrogen functional groups attached to an aromatic ring is 1. The van der Waals surface area contributed by atoms with Crippen LogP contribution in [0.4, 0.5) is 11.9 Å². The molecule has 2 heterocycles. The van der Waals surface area contributed by atoms with Gasteiger partial charge >= 0.3 is 6.01 Å². The van der Waals surface area contributed by atoms with E-state index in [1.54, 1.807) is 0 Å². The molecule has 21 heavy (non-hydrogen) atoms. The van der Waals surface area contributed by atoms with Gasteiger partial charge < -0.3 is 25.2 Å². The minimum Gasteiger partial charge on any atom is -0.461 e. The first kappa shape index (κ1) is 15.7. The summed E-state index contributed by atoms with van der Waals surface area (Å²) in [5.41, 5.74) is 5.71. The van der Waals surface area contributed by atoms with Crippen LogP contribution in [-0.4, -0.2) is 58.6 Å². The number of rotatable bonds is 6. The Kier molecular flexibility index (Phi) is 5.51. The first-order valence-electron chi connectivity index (χ1n) is 7.24. The number of anilines is 2. The summed E-state index contributed by atoms with van der Waals surface area (Å²) in [5.74, 6) is 0.702. The predicted molar refractivity (Wildman–Crippen MR) is 78.3 cm³/mol. The molecular weight excluding hydrogens is 274 g/mol. The van der Waals surface area contributed by atoms with E-state index in [9.17, 15) is 0 Å². The summed E-state index contributed by atoms with van der Waals surface area (Å²) >= 11 is 0. The van der Waals surface area contributed by atoms with Crippen molar-refractivity contribution in [3.05, 3.63) is 0 Å². The standard InChI is InChI=1S/C13H23N5O3/c1-9(2)21-13-16-11(14)15-12(17-13)18-5-3-10(4-6-18)20-8-7-19/h9-10,19H,3-8H2,1-2H3,(H2,14,15,16,17). The topological polar surface area (TPSA) is 107 Å². The average molecular weight is 297 g/mol. The van der Waals surface area contributed by atoms with E-state index < -0.39 is 0 Å². The molecule has 1 saturated heterocycles. The summed E-state index contributed by atoms with van der Waals surface area (Å²) < 4.78 is 11.0. The van der Waals surface area contributed by atoms with Crippen LogP contribution in [0.25, 0.3) is 0 Å². The lowest BCUT2D eigenvalue weighted by atomic mass is 10.1. The van der Waals surface area contributed by atoms with E-state index >= 15 is 0 Å². The summed E-state index contributed by atoms with van der Waals surface area (Å²) in [4.78, 5) is 14.5. The number of ether oxygens (including phenoxy) is 2. The van der Waals surface area contributed by atoms with Gasteiger partial charge in [-0.2, -0.15) is 15.0 Å². The molecule has 0 amide bonds. The Morgan fingerprint density at radius 3 is 2.62 bits per heavy atom. The van der Waals surface area contributed by atoms with Gasteiger partial charge in [-0.25, -0.2) is 0 Å². The van der Waals surface area contributed by atoms with Crippen molar-refractivity contribution < 1.29 is 14.6 Å². The fraction of sp³-hybridized carbons (Fsp3) is 0.769. The largest absolute Gasteiger partial charge is 0.461 e. The normalized spacial score (nSPS) is 16.5. The molecule has 3 N–H and O–H groups in total. The molecule has 1 aliphatic rings. The second-order valence-electron chi connectivity index (χ2n) is 5.22. The highest BCUT2D eigenvalue weighted by molar-refractivity contribution is 5.36. The molecule has 2 rings (SSSR count). The molecular formula is C13H23N5O3. The number of nitrogens with zero attached hydrogens (tertiary/aromatic N) is 4. The van der Waals surface area contributed by atoms with Gasteiger partial charge in [-0.15, -0.1) is 0 Å². The second-order valence-corrected chi connectivity index (χ2v) is 5.22. The molecule has 0 aromatic carbocycles. The van der Waals surface area contributed by atoms with Crippen LogP contribution in [0.1, 0.15) is 26.7 Å². The Hall–Kier alpha value is -1.67. The van der Waals surface area contributed by atoms with E-state index in [-0.39, 0.29) is 30.8 Å². The highest BCUT2D eigenvalue weighted by atomic mass is 16.5. The van der Waals surface area contributed by atoms with Gasteiger partial charge in [-0.05, 0) is 26.7 Å². The highest BCUT2D eigenvalue weighted by Crippen LogP contribution is 2.20. The van der Waals surface area contributed by atoms with Crippen LogP contribution >= 0.6 is 0 Å². The third-order valence-corrected chi connectivity index (χ3v) is 3.13. The molecule has 1 fully saturated rings. The lowest BCUT2D eigenvalue weighted by Crippen LogP contribution is -2.38. The second kappa shape index (κ2) is 7.37. The molecule has 1 aliphatic heterocycles. The highest BCUT2D eigenvalue weighted by Gasteiger charge is 2.22. The molecule has 8 heteroatoms. The third-order valence-electron chi connectivity index (χ3n) is 3.13. The fourth-order valence-corrected chi connectivity index (χ4v) is 2.21. The van der Waals surface area contributed by atoms with Crippen molar-refractivity contribution in [1.82, 2.24) is 15.0 Å². The van der Waals surface area contributed by atoms with Crippen LogP contribution in [-0.2, 0) is 4.74 Å². The molecule has 0 unspecified atom stereocenters. The molecule has 118 valence electrons. The van der Waals surface area contributed by atoms with E-state index in [1.165, 1.54) is 0 Å². The quantitative estimate of drug-likeness (QED) is 0.768. The van der Waals surface area contributed by atoms with E-state index in [2.05, 4.69) is 15.0 Å². The Morgan fingerprint density at radius 1 is 1.29 bits per heavy atom. The van der Waals surface area contributed by atoms with E-state index in [0.29, 0.717) is 12.6 Å². The van der Waals surface area contributed by atoms with Crippen molar-refractivity contribution in [1.29, 1.82) is 0 Å². The zero-order valence-corrected chi connectivity index (χ0v) is 12.5. The van der Waals surface area contributed by atoms with E-state index in [1.807, 2.05) is 18.7 Å². The lowest BCUT2D eigenvalue weighted by Gasteiger charge is -2.31. The first-order valence-corrected chi connectivity index (χ1v) is 7.24. The number of nitrogens with two attached hydrogens (primary N) is 1. The molecule has 0 atom stereocenters.